The van der Waals surface area contributed by atoms with Gasteiger partial charge in [0, 0.05) is 19.1 Å². The Labute approximate surface area is 80.1 Å². The average Bonchev–Trinajstić information content (AvgIpc) is 2.53. The van der Waals surface area contributed by atoms with Crippen LogP contribution in [0.25, 0.3) is 0 Å². The third-order valence-corrected chi connectivity index (χ3v) is 3.44. The second kappa shape index (κ2) is 3.95. The largest absolute Gasteiger partial charge is 0.390 e. The van der Waals surface area contributed by atoms with E-state index in [0.717, 1.165) is 19.0 Å². The number of nitrogens with one attached hydrogen (secondary N) is 1. The zero-order chi connectivity index (χ0) is 9.26. The van der Waals surface area contributed by atoms with E-state index in [-0.39, 0.29) is 6.10 Å². The summed E-state index contributed by atoms with van der Waals surface area (Å²) < 4.78 is 0. The smallest absolute Gasteiger partial charge is 0.0831 e. The quantitative estimate of drug-likeness (QED) is 0.604. The zero-order valence-electron chi connectivity index (χ0n) is 8.37. The van der Waals surface area contributed by atoms with Crippen molar-refractivity contribution in [2.75, 3.05) is 26.2 Å². The highest BCUT2D eigenvalue weighted by Crippen LogP contribution is 2.20. The number of hydrogen-bond donors (Lipinski definition) is 2. The van der Waals surface area contributed by atoms with Crippen LogP contribution in [0, 0.1) is 5.92 Å². The van der Waals surface area contributed by atoms with Gasteiger partial charge in [-0.25, -0.2) is 0 Å². The van der Waals surface area contributed by atoms with Gasteiger partial charge in [-0.15, -0.1) is 0 Å². The van der Waals surface area contributed by atoms with Crippen molar-refractivity contribution in [3.63, 3.8) is 0 Å². The Morgan fingerprint density at radius 2 is 1.92 bits per heavy atom. The van der Waals surface area contributed by atoms with E-state index in [9.17, 15) is 5.11 Å². The number of aliphatic hydroxyl groups excluding tert-OH is 1. The van der Waals surface area contributed by atoms with Crippen molar-refractivity contribution >= 4 is 0 Å². The van der Waals surface area contributed by atoms with Crippen LogP contribution in [0.15, 0.2) is 0 Å². The predicted octanol–water partition coefficient (Wildman–Crippen LogP) is 0.0510. The fraction of sp³-hybridized carbons (Fsp3) is 1.00. The maximum absolute atomic E-state index is 9.70. The molecule has 0 aliphatic carbocycles. The van der Waals surface area contributed by atoms with Crippen LogP contribution in [0.3, 0.4) is 0 Å². The van der Waals surface area contributed by atoms with Gasteiger partial charge in [0.2, 0.25) is 0 Å². The number of likely N-dealkylation sites (tertiary alicyclic amines) is 1. The number of β-amino-alcohol motifs (C(OH)–C–C–N with tert-alkyl or cyclic N) is 1. The highest BCUT2D eigenvalue weighted by Gasteiger charge is 2.31. The molecule has 0 spiro atoms. The van der Waals surface area contributed by atoms with Gasteiger partial charge in [-0.05, 0) is 31.8 Å². The van der Waals surface area contributed by atoms with Gasteiger partial charge in [-0.2, -0.15) is 0 Å². The summed E-state index contributed by atoms with van der Waals surface area (Å²) in [7, 11) is 0. The van der Waals surface area contributed by atoms with E-state index in [1.165, 1.54) is 25.9 Å². The Morgan fingerprint density at radius 1 is 1.23 bits per heavy atom. The molecule has 0 aromatic rings. The maximum Gasteiger partial charge on any atom is 0.0831 e. The number of aliphatic hydroxyl groups is 1. The van der Waals surface area contributed by atoms with E-state index < -0.39 is 0 Å². The Bertz CT molecular complexity index is 166. The first-order valence-electron chi connectivity index (χ1n) is 5.40. The van der Waals surface area contributed by atoms with E-state index in [1.807, 2.05) is 0 Å². The van der Waals surface area contributed by atoms with Crippen LogP contribution < -0.4 is 5.32 Å². The molecule has 2 rings (SSSR count). The van der Waals surface area contributed by atoms with Crippen molar-refractivity contribution in [2.45, 2.75) is 31.9 Å². The molecule has 0 amide bonds. The van der Waals surface area contributed by atoms with E-state index in [4.69, 9.17) is 0 Å². The van der Waals surface area contributed by atoms with E-state index >= 15 is 0 Å². The van der Waals surface area contributed by atoms with Gasteiger partial charge in [0.15, 0.2) is 0 Å². The molecule has 13 heavy (non-hydrogen) atoms. The Kier molecular flexibility index (Phi) is 2.86. The van der Waals surface area contributed by atoms with Crippen LogP contribution in [-0.4, -0.2) is 48.3 Å². The first kappa shape index (κ1) is 9.44. The van der Waals surface area contributed by atoms with Crippen molar-refractivity contribution in [3.05, 3.63) is 0 Å². The van der Waals surface area contributed by atoms with E-state index in [1.54, 1.807) is 0 Å². The SMILES string of the molecule is CC1CCN([C@@H]2CNC[C@@H]2O)CC1. The molecule has 2 fully saturated rings. The summed E-state index contributed by atoms with van der Waals surface area (Å²) in [6.07, 6.45) is 2.44. The molecule has 2 heterocycles. The molecule has 2 N–H and O–H groups in total. The highest BCUT2D eigenvalue weighted by molar-refractivity contribution is 4.90. The second-order valence-electron chi connectivity index (χ2n) is 4.51. The van der Waals surface area contributed by atoms with Gasteiger partial charge < -0.3 is 10.4 Å². The van der Waals surface area contributed by atoms with Crippen molar-refractivity contribution in [1.29, 1.82) is 0 Å². The maximum atomic E-state index is 9.70. The lowest BCUT2D eigenvalue weighted by molar-refractivity contribution is 0.0609. The molecule has 2 saturated heterocycles. The van der Waals surface area contributed by atoms with Gasteiger partial charge in [-0.1, -0.05) is 6.92 Å². The minimum atomic E-state index is -0.145. The minimum Gasteiger partial charge on any atom is -0.390 e. The van der Waals surface area contributed by atoms with Crippen molar-refractivity contribution in [2.24, 2.45) is 5.92 Å². The molecule has 0 bridgehead atoms. The van der Waals surface area contributed by atoms with Gasteiger partial charge >= 0.3 is 0 Å². The lowest BCUT2D eigenvalue weighted by atomic mass is 9.97. The minimum absolute atomic E-state index is 0.145. The molecule has 3 nitrogen and oxygen atoms in total. The highest BCUT2D eigenvalue weighted by atomic mass is 16.3. The van der Waals surface area contributed by atoms with Crippen LogP contribution in [0.2, 0.25) is 0 Å². The lowest BCUT2D eigenvalue weighted by Gasteiger charge is -2.35. The summed E-state index contributed by atoms with van der Waals surface area (Å²) in [4.78, 5) is 2.45. The van der Waals surface area contributed by atoms with Crippen molar-refractivity contribution in [1.82, 2.24) is 10.2 Å². The van der Waals surface area contributed by atoms with Gasteiger partial charge in [0.1, 0.15) is 0 Å². The standard InChI is InChI=1S/C10H20N2O/c1-8-2-4-12(5-3-8)9-6-11-7-10(9)13/h8-11,13H,2-7H2,1H3/t9-,10+/m1/s1. The van der Waals surface area contributed by atoms with Gasteiger partial charge in [-0.3, -0.25) is 4.90 Å². The Hall–Kier alpha value is -0.120. The van der Waals surface area contributed by atoms with Crippen molar-refractivity contribution < 1.29 is 5.11 Å². The number of rotatable bonds is 1. The average molecular weight is 184 g/mol. The van der Waals surface area contributed by atoms with Crippen molar-refractivity contribution in [3.8, 4) is 0 Å². The molecular weight excluding hydrogens is 164 g/mol. The third kappa shape index (κ3) is 2.03. The summed E-state index contributed by atoms with van der Waals surface area (Å²) in [5.74, 6) is 0.878. The van der Waals surface area contributed by atoms with Crippen LogP contribution >= 0.6 is 0 Å². The molecule has 0 unspecified atom stereocenters. The first-order valence-corrected chi connectivity index (χ1v) is 5.40. The van der Waals surface area contributed by atoms with Crippen LogP contribution in [0.4, 0.5) is 0 Å². The fourth-order valence-corrected chi connectivity index (χ4v) is 2.38. The zero-order valence-corrected chi connectivity index (χ0v) is 8.37. The molecule has 2 aliphatic heterocycles. The summed E-state index contributed by atoms with van der Waals surface area (Å²) in [5, 5.41) is 12.9. The normalized spacial score (nSPS) is 38.3. The molecule has 3 heteroatoms. The first-order chi connectivity index (χ1) is 6.27. The summed E-state index contributed by atoms with van der Waals surface area (Å²) in [6.45, 7) is 6.40. The Balaban J connectivity index is 1.86. The molecule has 2 aliphatic rings. The molecule has 0 aromatic carbocycles. The van der Waals surface area contributed by atoms with Gasteiger partial charge in [0.25, 0.3) is 0 Å². The summed E-state index contributed by atoms with van der Waals surface area (Å²) in [6, 6.07) is 0.382. The lowest BCUT2D eigenvalue weighted by Crippen LogP contribution is -2.46. The summed E-state index contributed by atoms with van der Waals surface area (Å²) >= 11 is 0. The summed E-state index contributed by atoms with van der Waals surface area (Å²) in [5.41, 5.74) is 0. The Morgan fingerprint density at radius 3 is 2.46 bits per heavy atom. The fourth-order valence-electron chi connectivity index (χ4n) is 2.38. The number of nitrogens with zero attached hydrogens (tertiary/aromatic N) is 1. The predicted molar refractivity (Wildman–Crippen MR) is 52.6 cm³/mol. The van der Waals surface area contributed by atoms with Crippen LogP contribution in [0.5, 0.6) is 0 Å². The molecule has 0 radical (unpaired) electrons. The van der Waals surface area contributed by atoms with E-state index in [2.05, 4.69) is 17.1 Å². The topological polar surface area (TPSA) is 35.5 Å². The van der Waals surface area contributed by atoms with Gasteiger partial charge in [0.05, 0.1) is 6.10 Å². The molecular formula is C10H20N2O. The monoisotopic (exact) mass is 184 g/mol. The van der Waals surface area contributed by atoms with Crippen LogP contribution in [0.1, 0.15) is 19.8 Å². The molecule has 0 saturated carbocycles. The third-order valence-electron chi connectivity index (χ3n) is 3.44. The van der Waals surface area contributed by atoms with Crippen LogP contribution in [-0.2, 0) is 0 Å². The number of hydrogen-bond acceptors (Lipinski definition) is 3. The molecule has 0 aromatic heterocycles. The number of piperidine rings is 1. The molecule has 76 valence electrons. The molecule has 2 atom stereocenters. The second-order valence-corrected chi connectivity index (χ2v) is 4.51. The van der Waals surface area contributed by atoms with E-state index in [0.29, 0.717) is 6.04 Å².